The first kappa shape index (κ1) is 23.8. The lowest BCUT2D eigenvalue weighted by molar-refractivity contribution is 0.294. The highest BCUT2D eigenvalue weighted by molar-refractivity contribution is 6.35. The van der Waals surface area contributed by atoms with Crippen LogP contribution >= 0.6 is 23.2 Å². The molecule has 1 aromatic carbocycles. The van der Waals surface area contributed by atoms with E-state index in [4.69, 9.17) is 43.8 Å². The van der Waals surface area contributed by atoms with Crippen molar-refractivity contribution >= 4 is 40.3 Å². The van der Waals surface area contributed by atoms with E-state index >= 15 is 0 Å². The number of rotatable bonds is 7. The number of pyridine rings is 3. The predicted octanol–water partition coefficient (Wildman–Crippen LogP) is 5.15. The van der Waals surface area contributed by atoms with Crippen molar-refractivity contribution in [2.75, 3.05) is 23.8 Å². The fourth-order valence-corrected chi connectivity index (χ4v) is 4.34. The molecule has 36 heavy (non-hydrogen) atoms. The molecule has 0 fully saturated rings. The van der Waals surface area contributed by atoms with Gasteiger partial charge in [-0.25, -0.2) is 4.98 Å². The summed E-state index contributed by atoms with van der Waals surface area (Å²) in [5, 5.41) is 9.72. The molecule has 8 nitrogen and oxygen atoms in total. The van der Waals surface area contributed by atoms with Crippen LogP contribution in [-0.4, -0.2) is 33.8 Å². The number of ether oxygens (including phenoxy) is 2. The van der Waals surface area contributed by atoms with E-state index in [2.05, 4.69) is 19.9 Å². The average Bonchev–Trinajstić information content (AvgIpc) is 2.89. The summed E-state index contributed by atoms with van der Waals surface area (Å²) < 4.78 is 11.7. The number of benzene rings is 1. The third-order valence-electron chi connectivity index (χ3n) is 5.77. The van der Waals surface area contributed by atoms with Gasteiger partial charge >= 0.3 is 0 Å². The second-order valence-electron chi connectivity index (χ2n) is 8.13. The zero-order valence-corrected chi connectivity index (χ0v) is 20.6. The zero-order chi connectivity index (χ0) is 25.1. The van der Waals surface area contributed by atoms with Crippen molar-refractivity contribution < 1.29 is 9.47 Å². The first-order chi connectivity index (χ1) is 17.5. The second-order valence-corrected chi connectivity index (χ2v) is 8.95. The summed E-state index contributed by atoms with van der Waals surface area (Å²) in [5.41, 5.74) is 10.4. The van der Waals surface area contributed by atoms with Crippen molar-refractivity contribution in [1.29, 1.82) is 5.41 Å². The van der Waals surface area contributed by atoms with Crippen molar-refractivity contribution in [3.05, 3.63) is 99.7 Å². The lowest BCUT2D eigenvalue weighted by atomic mass is 10.0. The third kappa shape index (κ3) is 5.05. The Bertz CT molecular complexity index is 1400. The Balaban J connectivity index is 1.39. The Labute approximate surface area is 218 Å². The number of hydrogen-bond acceptors (Lipinski definition) is 8. The second kappa shape index (κ2) is 10.4. The molecule has 5 rings (SSSR count). The molecule has 0 amide bonds. The van der Waals surface area contributed by atoms with E-state index in [1.807, 2.05) is 24.3 Å². The number of nitrogens with two attached hydrogens (primary N) is 1. The van der Waals surface area contributed by atoms with Gasteiger partial charge in [-0.1, -0.05) is 29.3 Å². The van der Waals surface area contributed by atoms with Crippen LogP contribution in [0.4, 0.5) is 11.4 Å². The number of aromatic nitrogens is 3. The molecule has 1 aliphatic rings. The summed E-state index contributed by atoms with van der Waals surface area (Å²) in [7, 11) is 0. The molecular weight excluding hydrogens is 499 g/mol. The van der Waals surface area contributed by atoms with Crippen LogP contribution < -0.4 is 20.1 Å². The topological polar surface area (TPSA) is 110 Å². The minimum Gasteiger partial charge on any atom is -0.489 e. The molecule has 0 aliphatic carbocycles. The number of halogens is 2. The van der Waals surface area contributed by atoms with E-state index in [1.165, 1.54) is 12.4 Å². The minimum absolute atomic E-state index is 0.150. The smallest absolute Gasteiger partial charge is 0.237 e. The van der Waals surface area contributed by atoms with Gasteiger partial charge in [-0.3, -0.25) is 15.4 Å². The Hall–Kier alpha value is -3.88. The molecular formula is C26H22Cl2N6O2. The van der Waals surface area contributed by atoms with Crippen molar-refractivity contribution in [3.8, 4) is 11.6 Å². The highest BCUT2D eigenvalue weighted by Gasteiger charge is 2.22. The molecule has 4 heterocycles. The fourth-order valence-electron chi connectivity index (χ4n) is 3.87. The summed E-state index contributed by atoms with van der Waals surface area (Å²) in [4.78, 5) is 15.0. The summed E-state index contributed by atoms with van der Waals surface area (Å²) in [5.74, 6) is 1.06. The van der Waals surface area contributed by atoms with E-state index in [9.17, 15) is 0 Å². The SMILES string of the molecule is N=C(c1cnc2c(c1)N(Cc1ccccn1)CCO2)c1cc(OCc2c(Cl)cncc2Cl)ccc1N. The summed E-state index contributed by atoms with van der Waals surface area (Å²) >= 11 is 12.4. The average molecular weight is 521 g/mol. The van der Waals surface area contributed by atoms with Crippen LogP contribution in [0, 0.1) is 5.41 Å². The number of fused-ring (bicyclic) bond motifs is 1. The Morgan fingerprint density at radius 2 is 1.92 bits per heavy atom. The van der Waals surface area contributed by atoms with Gasteiger partial charge in [0.2, 0.25) is 5.88 Å². The Morgan fingerprint density at radius 1 is 1.08 bits per heavy atom. The van der Waals surface area contributed by atoms with Crippen LogP contribution in [0.15, 0.2) is 67.3 Å². The van der Waals surface area contributed by atoms with Crippen LogP contribution in [0.5, 0.6) is 11.6 Å². The molecule has 0 unspecified atom stereocenters. The lowest BCUT2D eigenvalue weighted by Crippen LogP contribution is -2.33. The Morgan fingerprint density at radius 3 is 2.69 bits per heavy atom. The van der Waals surface area contributed by atoms with Crippen molar-refractivity contribution in [3.63, 3.8) is 0 Å². The molecule has 0 radical (unpaired) electrons. The third-order valence-corrected chi connectivity index (χ3v) is 6.42. The van der Waals surface area contributed by atoms with Gasteiger partial charge < -0.3 is 20.1 Å². The fraction of sp³-hybridized carbons (Fsp3) is 0.154. The molecule has 0 atom stereocenters. The number of hydrogen-bond donors (Lipinski definition) is 2. The van der Waals surface area contributed by atoms with Gasteiger partial charge in [0, 0.05) is 47.2 Å². The van der Waals surface area contributed by atoms with Gasteiger partial charge in [0.15, 0.2) is 0 Å². The van der Waals surface area contributed by atoms with E-state index in [-0.39, 0.29) is 12.3 Å². The normalized spacial score (nSPS) is 12.6. The van der Waals surface area contributed by atoms with Gasteiger partial charge in [-0.2, -0.15) is 0 Å². The van der Waals surface area contributed by atoms with E-state index in [0.29, 0.717) is 63.7 Å². The Kier molecular flexibility index (Phi) is 6.88. The summed E-state index contributed by atoms with van der Waals surface area (Å²) in [6.07, 6.45) is 6.42. The van der Waals surface area contributed by atoms with Crippen LogP contribution in [0.1, 0.15) is 22.4 Å². The molecule has 1 aliphatic heterocycles. The van der Waals surface area contributed by atoms with Crippen LogP contribution in [0.25, 0.3) is 0 Å². The van der Waals surface area contributed by atoms with Gasteiger partial charge in [-0.05, 0) is 36.4 Å². The lowest BCUT2D eigenvalue weighted by Gasteiger charge is -2.30. The van der Waals surface area contributed by atoms with Crippen molar-refractivity contribution in [1.82, 2.24) is 15.0 Å². The van der Waals surface area contributed by atoms with Gasteiger partial charge in [0.05, 0.1) is 34.5 Å². The largest absolute Gasteiger partial charge is 0.489 e. The molecule has 10 heteroatoms. The standard InChI is InChI=1S/C26H22Cl2N6O2/c27-21-12-31-13-22(28)20(21)15-36-18-4-5-23(29)19(10-18)25(30)16-9-24-26(33-11-16)35-8-7-34(24)14-17-3-1-2-6-32-17/h1-6,9-13,30H,7-8,14-15,29H2. The van der Waals surface area contributed by atoms with Crippen molar-refractivity contribution in [2.24, 2.45) is 0 Å². The van der Waals surface area contributed by atoms with Gasteiger partial charge in [0.25, 0.3) is 0 Å². The molecule has 3 N–H and O–H groups in total. The van der Waals surface area contributed by atoms with E-state index in [1.54, 1.807) is 30.6 Å². The highest BCUT2D eigenvalue weighted by Crippen LogP contribution is 2.33. The minimum atomic E-state index is 0.150. The van der Waals surface area contributed by atoms with Gasteiger partial charge in [-0.15, -0.1) is 0 Å². The summed E-state index contributed by atoms with van der Waals surface area (Å²) in [6.45, 7) is 1.98. The number of nitrogens with zero attached hydrogens (tertiary/aromatic N) is 4. The highest BCUT2D eigenvalue weighted by atomic mass is 35.5. The van der Waals surface area contributed by atoms with Crippen LogP contribution in [-0.2, 0) is 13.2 Å². The number of nitrogen functional groups attached to an aromatic ring is 1. The molecule has 0 spiro atoms. The molecule has 4 aromatic rings. The predicted molar refractivity (Wildman–Crippen MR) is 140 cm³/mol. The maximum atomic E-state index is 8.88. The number of nitrogens with one attached hydrogen (secondary N) is 1. The number of anilines is 2. The molecule has 0 saturated carbocycles. The quantitative estimate of drug-likeness (QED) is 0.256. The molecule has 182 valence electrons. The zero-order valence-electron chi connectivity index (χ0n) is 19.1. The monoisotopic (exact) mass is 520 g/mol. The van der Waals surface area contributed by atoms with Crippen LogP contribution in [0.2, 0.25) is 10.0 Å². The maximum absolute atomic E-state index is 8.88. The van der Waals surface area contributed by atoms with Crippen LogP contribution in [0.3, 0.4) is 0 Å². The van der Waals surface area contributed by atoms with Crippen molar-refractivity contribution in [2.45, 2.75) is 13.2 Å². The van der Waals surface area contributed by atoms with E-state index in [0.717, 1.165) is 11.4 Å². The van der Waals surface area contributed by atoms with E-state index < -0.39 is 0 Å². The maximum Gasteiger partial charge on any atom is 0.237 e. The molecule has 0 bridgehead atoms. The first-order valence-corrected chi connectivity index (χ1v) is 11.9. The molecule has 0 saturated heterocycles. The van der Waals surface area contributed by atoms with Gasteiger partial charge in [0.1, 0.15) is 24.7 Å². The first-order valence-electron chi connectivity index (χ1n) is 11.2. The molecule has 3 aromatic heterocycles. The summed E-state index contributed by atoms with van der Waals surface area (Å²) in [6, 6.07) is 12.9.